The van der Waals surface area contributed by atoms with E-state index >= 15 is 0 Å². The summed E-state index contributed by atoms with van der Waals surface area (Å²) < 4.78 is 5.38. The maximum atomic E-state index is 5.38. The molecule has 2 heteroatoms. The van der Waals surface area contributed by atoms with Gasteiger partial charge >= 0.3 is 0 Å². The van der Waals surface area contributed by atoms with Crippen molar-refractivity contribution in [3.05, 3.63) is 0 Å². The number of hydrogen-bond acceptors (Lipinski definition) is 2. The number of rotatable bonds is 3. The maximum Gasteiger partial charge on any atom is 0.0480 e. The monoisotopic (exact) mass is 181 g/mol. The van der Waals surface area contributed by atoms with E-state index < -0.39 is 0 Å². The molecule has 1 heterocycles. The van der Waals surface area contributed by atoms with E-state index in [0.29, 0.717) is 6.04 Å². The average molecular weight is 181 g/mol. The summed E-state index contributed by atoms with van der Waals surface area (Å²) in [6.45, 7) is 4.76. The van der Waals surface area contributed by atoms with Crippen molar-refractivity contribution in [3.8, 4) is 11.8 Å². The van der Waals surface area contributed by atoms with Crippen molar-refractivity contribution < 1.29 is 4.74 Å². The Morgan fingerprint density at radius 2 is 2.31 bits per heavy atom. The zero-order valence-corrected chi connectivity index (χ0v) is 8.44. The summed E-state index contributed by atoms with van der Waals surface area (Å²) in [5.41, 5.74) is 0. The van der Waals surface area contributed by atoms with Crippen LogP contribution >= 0.6 is 0 Å². The van der Waals surface area contributed by atoms with Crippen molar-refractivity contribution in [2.45, 2.75) is 38.6 Å². The van der Waals surface area contributed by atoms with Crippen LogP contribution in [0.15, 0.2) is 0 Å². The van der Waals surface area contributed by atoms with Crippen LogP contribution in [0.5, 0.6) is 0 Å². The van der Waals surface area contributed by atoms with Gasteiger partial charge in [-0.2, -0.15) is 0 Å². The molecule has 1 fully saturated rings. The fourth-order valence-corrected chi connectivity index (χ4v) is 1.57. The Labute approximate surface area is 81.0 Å². The molecule has 2 nitrogen and oxygen atoms in total. The molecule has 13 heavy (non-hydrogen) atoms. The maximum absolute atomic E-state index is 5.38. The predicted octanol–water partition coefficient (Wildman–Crippen LogP) is 1.56. The van der Waals surface area contributed by atoms with Gasteiger partial charge in [0.25, 0.3) is 0 Å². The molecule has 0 aliphatic carbocycles. The summed E-state index contributed by atoms with van der Waals surface area (Å²) in [5.74, 6) is 5.96. The molecule has 1 atom stereocenters. The van der Waals surface area contributed by atoms with Crippen LogP contribution < -0.4 is 5.32 Å². The molecule has 0 radical (unpaired) electrons. The Balaban J connectivity index is 2.07. The van der Waals surface area contributed by atoms with Gasteiger partial charge in [0.1, 0.15) is 0 Å². The first-order valence-electron chi connectivity index (χ1n) is 5.14. The lowest BCUT2D eigenvalue weighted by Gasteiger charge is -2.13. The molecule has 1 N–H and O–H groups in total. The highest BCUT2D eigenvalue weighted by Crippen LogP contribution is 2.07. The second kappa shape index (κ2) is 6.94. The van der Waals surface area contributed by atoms with Crippen LogP contribution in [0.2, 0.25) is 0 Å². The second-order valence-electron chi connectivity index (χ2n) is 3.37. The van der Waals surface area contributed by atoms with E-state index in [4.69, 9.17) is 4.74 Å². The zero-order valence-electron chi connectivity index (χ0n) is 8.44. The summed E-state index contributed by atoms with van der Waals surface area (Å²) in [6.07, 6.45) is 4.56. The largest absolute Gasteiger partial charge is 0.381 e. The Morgan fingerprint density at radius 3 is 3.15 bits per heavy atom. The molecular formula is C11H19NO. The Morgan fingerprint density at radius 1 is 1.38 bits per heavy atom. The third-order valence-electron chi connectivity index (χ3n) is 2.31. The van der Waals surface area contributed by atoms with Crippen molar-refractivity contribution in [2.75, 3.05) is 19.8 Å². The van der Waals surface area contributed by atoms with Gasteiger partial charge in [0.2, 0.25) is 0 Å². The lowest BCUT2D eigenvalue weighted by Crippen LogP contribution is -2.29. The topological polar surface area (TPSA) is 21.3 Å². The van der Waals surface area contributed by atoms with Gasteiger partial charge < -0.3 is 10.1 Å². The SMILES string of the molecule is CC#CCCNC1CCCOCC1. The fourth-order valence-electron chi connectivity index (χ4n) is 1.57. The van der Waals surface area contributed by atoms with E-state index in [2.05, 4.69) is 17.2 Å². The molecule has 1 unspecified atom stereocenters. The summed E-state index contributed by atoms with van der Waals surface area (Å²) in [4.78, 5) is 0. The van der Waals surface area contributed by atoms with Gasteiger partial charge in [-0.1, -0.05) is 0 Å². The van der Waals surface area contributed by atoms with Gasteiger partial charge in [-0.15, -0.1) is 11.8 Å². The molecule has 0 amide bonds. The Bertz CT molecular complexity index is 172. The Kier molecular flexibility index (Phi) is 5.64. The normalized spacial score (nSPS) is 23.0. The van der Waals surface area contributed by atoms with Crippen LogP contribution in [0, 0.1) is 11.8 Å². The molecule has 1 aliphatic rings. The molecule has 0 aromatic heterocycles. The first-order valence-corrected chi connectivity index (χ1v) is 5.14. The fraction of sp³-hybridized carbons (Fsp3) is 0.818. The smallest absolute Gasteiger partial charge is 0.0480 e. The molecule has 0 saturated carbocycles. The zero-order chi connectivity index (χ0) is 9.36. The third-order valence-corrected chi connectivity index (χ3v) is 2.31. The van der Waals surface area contributed by atoms with Gasteiger partial charge in [-0.3, -0.25) is 0 Å². The van der Waals surface area contributed by atoms with Crippen LogP contribution in [0.4, 0.5) is 0 Å². The molecular weight excluding hydrogens is 162 g/mol. The van der Waals surface area contributed by atoms with E-state index in [1.54, 1.807) is 0 Å². The van der Waals surface area contributed by atoms with Gasteiger partial charge in [0.05, 0.1) is 0 Å². The highest BCUT2D eigenvalue weighted by Gasteiger charge is 2.10. The number of ether oxygens (including phenoxy) is 1. The lowest BCUT2D eigenvalue weighted by molar-refractivity contribution is 0.142. The highest BCUT2D eigenvalue weighted by molar-refractivity contribution is 4.95. The van der Waals surface area contributed by atoms with E-state index in [1.807, 2.05) is 6.92 Å². The van der Waals surface area contributed by atoms with Gasteiger partial charge in [-0.05, 0) is 26.2 Å². The summed E-state index contributed by atoms with van der Waals surface area (Å²) >= 11 is 0. The predicted molar refractivity (Wildman–Crippen MR) is 54.5 cm³/mol. The van der Waals surface area contributed by atoms with E-state index in [9.17, 15) is 0 Å². The average Bonchev–Trinajstić information content (AvgIpc) is 2.41. The quantitative estimate of drug-likeness (QED) is 0.527. The first-order chi connectivity index (χ1) is 6.43. The number of hydrogen-bond donors (Lipinski definition) is 1. The lowest BCUT2D eigenvalue weighted by atomic mass is 10.1. The van der Waals surface area contributed by atoms with Crippen LogP contribution in [0.3, 0.4) is 0 Å². The third kappa shape index (κ3) is 4.92. The van der Waals surface area contributed by atoms with Crippen LogP contribution in [-0.4, -0.2) is 25.8 Å². The van der Waals surface area contributed by atoms with Gasteiger partial charge in [0, 0.05) is 32.2 Å². The Hall–Kier alpha value is -0.520. The molecule has 1 rings (SSSR count). The number of nitrogens with one attached hydrogen (secondary N) is 1. The minimum Gasteiger partial charge on any atom is -0.381 e. The molecule has 0 aromatic carbocycles. The minimum atomic E-state index is 0.654. The van der Waals surface area contributed by atoms with Crippen LogP contribution in [-0.2, 0) is 4.74 Å². The minimum absolute atomic E-state index is 0.654. The van der Waals surface area contributed by atoms with Gasteiger partial charge in [-0.25, -0.2) is 0 Å². The molecule has 0 spiro atoms. The molecule has 1 saturated heterocycles. The van der Waals surface area contributed by atoms with E-state index in [1.165, 1.54) is 12.8 Å². The second-order valence-corrected chi connectivity index (χ2v) is 3.37. The molecule has 0 aromatic rings. The van der Waals surface area contributed by atoms with Crippen molar-refractivity contribution in [1.29, 1.82) is 0 Å². The molecule has 74 valence electrons. The van der Waals surface area contributed by atoms with Crippen molar-refractivity contribution in [1.82, 2.24) is 5.32 Å². The first kappa shape index (κ1) is 10.6. The summed E-state index contributed by atoms with van der Waals surface area (Å²) in [5, 5.41) is 3.51. The van der Waals surface area contributed by atoms with Crippen LogP contribution in [0.1, 0.15) is 32.6 Å². The van der Waals surface area contributed by atoms with E-state index in [0.717, 1.165) is 32.6 Å². The standard InChI is InChI=1S/C11H19NO/c1-2-3-4-8-12-11-6-5-9-13-10-7-11/h11-12H,4-10H2,1H3. The van der Waals surface area contributed by atoms with Gasteiger partial charge in [0.15, 0.2) is 0 Å². The van der Waals surface area contributed by atoms with Crippen molar-refractivity contribution in [3.63, 3.8) is 0 Å². The summed E-state index contributed by atoms with van der Waals surface area (Å²) in [6, 6.07) is 0.654. The van der Waals surface area contributed by atoms with Crippen molar-refractivity contribution in [2.24, 2.45) is 0 Å². The molecule has 1 aliphatic heterocycles. The molecule has 0 bridgehead atoms. The highest BCUT2D eigenvalue weighted by atomic mass is 16.5. The van der Waals surface area contributed by atoms with Crippen molar-refractivity contribution >= 4 is 0 Å². The van der Waals surface area contributed by atoms with E-state index in [-0.39, 0.29) is 0 Å². The van der Waals surface area contributed by atoms with Crippen LogP contribution in [0.25, 0.3) is 0 Å². The summed E-state index contributed by atoms with van der Waals surface area (Å²) in [7, 11) is 0.